The fraction of sp³-hybridized carbons (Fsp3) is 0.909. The van der Waals surface area contributed by atoms with Crippen LogP contribution in [0.2, 0.25) is 0 Å². The van der Waals surface area contributed by atoms with Crippen molar-refractivity contribution in [3.8, 4) is 0 Å². The number of halogens is 3. The maximum absolute atomic E-state index is 12.0. The normalized spacial score (nSPS) is 13.1. The zero-order valence-corrected chi connectivity index (χ0v) is 10.5. The summed E-state index contributed by atoms with van der Waals surface area (Å²) < 4.78 is 36.0. The van der Waals surface area contributed by atoms with E-state index in [4.69, 9.17) is 5.11 Å². The Labute approximate surface area is 99.6 Å². The minimum Gasteiger partial charge on any atom is -0.481 e. The Kier molecular flexibility index (Phi) is 5.95. The van der Waals surface area contributed by atoms with Crippen molar-refractivity contribution in [2.24, 2.45) is 0 Å². The highest BCUT2D eigenvalue weighted by molar-refractivity contribution is 5.66. The molecular formula is C11H20F3NO2. The number of carboxylic acids is 1. The van der Waals surface area contributed by atoms with Crippen LogP contribution in [0.4, 0.5) is 13.2 Å². The fourth-order valence-corrected chi connectivity index (χ4v) is 1.48. The third-order valence-electron chi connectivity index (χ3n) is 2.43. The van der Waals surface area contributed by atoms with Crippen molar-refractivity contribution in [2.45, 2.75) is 51.7 Å². The molecule has 0 unspecified atom stereocenters. The number of aliphatic carboxylic acids is 1. The van der Waals surface area contributed by atoms with Crippen LogP contribution in [0, 0.1) is 0 Å². The van der Waals surface area contributed by atoms with Gasteiger partial charge in [-0.1, -0.05) is 0 Å². The first-order valence-electron chi connectivity index (χ1n) is 5.56. The van der Waals surface area contributed by atoms with Gasteiger partial charge in [0.1, 0.15) is 0 Å². The number of carboxylic acid groups (broad SMARTS) is 1. The van der Waals surface area contributed by atoms with Crippen LogP contribution in [0.15, 0.2) is 0 Å². The maximum Gasteiger partial charge on any atom is 0.389 e. The van der Waals surface area contributed by atoms with Crippen molar-refractivity contribution < 1.29 is 23.1 Å². The van der Waals surface area contributed by atoms with Gasteiger partial charge in [0, 0.05) is 18.5 Å². The van der Waals surface area contributed by atoms with Crippen molar-refractivity contribution in [1.29, 1.82) is 0 Å². The molecule has 0 heterocycles. The summed E-state index contributed by atoms with van der Waals surface area (Å²) in [5, 5.41) is 8.58. The van der Waals surface area contributed by atoms with Crippen LogP contribution in [0.5, 0.6) is 0 Å². The lowest BCUT2D eigenvalue weighted by Gasteiger charge is -2.35. The van der Waals surface area contributed by atoms with Gasteiger partial charge in [-0.05, 0) is 33.7 Å². The smallest absolute Gasteiger partial charge is 0.389 e. The molecule has 0 rings (SSSR count). The second-order valence-electron chi connectivity index (χ2n) is 5.02. The van der Waals surface area contributed by atoms with Crippen LogP contribution in [0.25, 0.3) is 0 Å². The molecule has 0 radical (unpaired) electrons. The minimum atomic E-state index is -4.14. The van der Waals surface area contributed by atoms with Gasteiger partial charge < -0.3 is 5.11 Å². The van der Waals surface area contributed by atoms with E-state index in [-0.39, 0.29) is 31.5 Å². The van der Waals surface area contributed by atoms with Crippen LogP contribution in [-0.4, -0.2) is 40.8 Å². The Balaban J connectivity index is 4.17. The van der Waals surface area contributed by atoms with Gasteiger partial charge in [0.15, 0.2) is 0 Å². The van der Waals surface area contributed by atoms with E-state index in [9.17, 15) is 18.0 Å². The molecule has 0 aromatic heterocycles. The monoisotopic (exact) mass is 255 g/mol. The molecule has 3 nitrogen and oxygen atoms in total. The molecule has 0 atom stereocenters. The van der Waals surface area contributed by atoms with E-state index in [1.54, 1.807) is 4.90 Å². The van der Waals surface area contributed by atoms with E-state index in [2.05, 4.69) is 0 Å². The minimum absolute atomic E-state index is 0.000386. The average molecular weight is 255 g/mol. The van der Waals surface area contributed by atoms with Crippen LogP contribution in [0.3, 0.4) is 0 Å². The largest absolute Gasteiger partial charge is 0.481 e. The highest BCUT2D eigenvalue weighted by Crippen LogP contribution is 2.23. The van der Waals surface area contributed by atoms with Crippen molar-refractivity contribution in [3.05, 3.63) is 0 Å². The molecule has 0 amide bonds. The molecule has 0 bridgehead atoms. The first-order valence-corrected chi connectivity index (χ1v) is 5.56. The number of hydrogen-bond donors (Lipinski definition) is 1. The third kappa shape index (κ3) is 8.97. The van der Waals surface area contributed by atoms with Crippen LogP contribution < -0.4 is 0 Å². The van der Waals surface area contributed by atoms with Gasteiger partial charge in [-0.25, -0.2) is 0 Å². The van der Waals surface area contributed by atoms with Crippen molar-refractivity contribution in [1.82, 2.24) is 4.90 Å². The van der Waals surface area contributed by atoms with Crippen molar-refractivity contribution in [3.63, 3.8) is 0 Å². The van der Waals surface area contributed by atoms with Gasteiger partial charge in [-0.2, -0.15) is 13.2 Å². The van der Waals surface area contributed by atoms with Crippen LogP contribution >= 0.6 is 0 Å². The zero-order valence-electron chi connectivity index (χ0n) is 10.5. The molecule has 0 aliphatic heterocycles. The van der Waals surface area contributed by atoms with E-state index < -0.39 is 18.6 Å². The van der Waals surface area contributed by atoms with Crippen molar-refractivity contribution >= 4 is 5.97 Å². The Bertz CT molecular complexity index is 246. The zero-order chi connectivity index (χ0) is 13.7. The lowest BCUT2D eigenvalue weighted by atomic mass is 10.0. The maximum atomic E-state index is 12.0. The Morgan fingerprint density at radius 2 is 1.71 bits per heavy atom. The molecule has 0 aromatic rings. The Morgan fingerprint density at radius 1 is 1.18 bits per heavy atom. The van der Waals surface area contributed by atoms with E-state index >= 15 is 0 Å². The molecule has 6 heteroatoms. The number of hydrogen-bond acceptors (Lipinski definition) is 2. The molecule has 0 spiro atoms. The summed E-state index contributed by atoms with van der Waals surface area (Å²) in [5.41, 5.74) is -0.318. The molecule has 102 valence electrons. The molecule has 0 aromatic carbocycles. The van der Waals surface area contributed by atoms with Crippen LogP contribution in [-0.2, 0) is 4.79 Å². The summed E-state index contributed by atoms with van der Waals surface area (Å²) in [7, 11) is 0. The lowest BCUT2D eigenvalue weighted by molar-refractivity contribution is -0.139. The number of nitrogens with zero attached hydrogens (tertiary/aromatic N) is 1. The number of carbonyl (C=O) groups is 1. The van der Waals surface area contributed by atoms with E-state index in [0.717, 1.165) is 0 Å². The topological polar surface area (TPSA) is 40.5 Å². The van der Waals surface area contributed by atoms with E-state index in [1.807, 2.05) is 20.8 Å². The highest BCUT2D eigenvalue weighted by Gasteiger charge is 2.28. The molecule has 0 aliphatic rings. The molecule has 0 fully saturated rings. The first kappa shape index (κ1) is 16.2. The van der Waals surface area contributed by atoms with Crippen molar-refractivity contribution in [2.75, 3.05) is 13.1 Å². The molecule has 0 aliphatic carbocycles. The summed E-state index contributed by atoms with van der Waals surface area (Å²) in [6, 6.07) is 0. The first-order chi connectivity index (χ1) is 7.52. The van der Waals surface area contributed by atoms with Gasteiger partial charge in [0.05, 0.1) is 6.42 Å². The quantitative estimate of drug-likeness (QED) is 0.793. The second-order valence-corrected chi connectivity index (χ2v) is 5.02. The highest BCUT2D eigenvalue weighted by atomic mass is 19.4. The average Bonchev–Trinajstić information content (AvgIpc) is 2.06. The number of alkyl halides is 3. The van der Waals surface area contributed by atoms with Gasteiger partial charge >= 0.3 is 12.1 Å². The second kappa shape index (κ2) is 6.23. The predicted molar refractivity (Wildman–Crippen MR) is 58.9 cm³/mol. The Hall–Kier alpha value is -0.780. The summed E-state index contributed by atoms with van der Waals surface area (Å²) >= 11 is 0. The fourth-order valence-electron chi connectivity index (χ4n) is 1.48. The van der Waals surface area contributed by atoms with Crippen LogP contribution in [0.1, 0.15) is 40.0 Å². The molecular weight excluding hydrogens is 235 g/mol. The Morgan fingerprint density at radius 3 is 2.06 bits per heavy atom. The standard InChI is InChI=1S/C11H20F3NO2/c1-10(2,3)15(8-5-9(16)17)7-4-6-11(12,13)14/h4-8H2,1-3H3,(H,16,17). The SMILES string of the molecule is CC(C)(C)N(CCCC(F)(F)F)CCC(=O)O. The molecule has 1 N–H and O–H groups in total. The molecule has 0 saturated carbocycles. The summed E-state index contributed by atoms with van der Waals surface area (Å²) in [4.78, 5) is 12.2. The molecule has 0 saturated heterocycles. The number of rotatable bonds is 6. The van der Waals surface area contributed by atoms with Gasteiger partial charge in [-0.15, -0.1) is 0 Å². The van der Waals surface area contributed by atoms with Gasteiger partial charge in [0.2, 0.25) is 0 Å². The van der Waals surface area contributed by atoms with E-state index in [1.165, 1.54) is 0 Å². The van der Waals surface area contributed by atoms with E-state index in [0.29, 0.717) is 0 Å². The summed E-state index contributed by atoms with van der Waals surface area (Å²) in [5.74, 6) is -0.935. The third-order valence-corrected chi connectivity index (χ3v) is 2.43. The van der Waals surface area contributed by atoms with Gasteiger partial charge in [0.25, 0.3) is 0 Å². The predicted octanol–water partition coefficient (Wildman–Crippen LogP) is 2.90. The summed E-state index contributed by atoms with van der Waals surface area (Å²) in [6.45, 7) is 6.13. The summed E-state index contributed by atoms with van der Waals surface area (Å²) in [6.07, 6.45) is -5.02. The molecule has 17 heavy (non-hydrogen) atoms. The lowest BCUT2D eigenvalue weighted by Crippen LogP contribution is -2.43. The van der Waals surface area contributed by atoms with Gasteiger partial charge in [-0.3, -0.25) is 9.69 Å².